The number of thiol groups is 1. The van der Waals surface area contributed by atoms with E-state index in [-0.39, 0.29) is 31.6 Å². The highest BCUT2D eigenvalue weighted by atomic mass is 32.1. The highest BCUT2D eigenvalue weighted by molar-refractivity contribution is 7.80. The van der Waals surface area contributed by atoms with Gasteiger partial charge in [-0.1, -0.05) is 0 Å². The molecule has 31 heavy (non-hydrogen) atoms. The first kappa shape index (κ1) is 26.2. The minimum atomic E-state index is -1.38. The van der Waals surface area contributed by atoms with Gasteiger partial charge in [0.15, 0.2) is 0 Å². The fourth-order valence-electron chi connectivity index (χ4n) is 3.07. The predicted octanol–water partition coefficient (Wildman–Crippen LogP) is -3.57. The van der Waals surface area contributed by atoms with Gasteiger partial charge in [-0.15, -0.1) is 0 Å². The van der Waals surface area contributed by atoms with Crippen molar-refractivity contribution in [3.05, 3.63) is 0 Å². The van der Waals surface area contributed by atoms with Crippen LogP contribution in [0, 0.1) is 0 Å². The second-order valence-corrected chi connectivity index (χ2v) is 7.48. The number of carbonyl (C=O) groups is 6. The number of hydrogen-bond donors (Lipinski definition) is 7. The monoisotopic (exact) mass is 460 g/mol. The van der Waals surface area contributed by atoms with Crippen molar-refractivity contribution >= 4 is 48.1 Å². The standard InChI is InChI=1S/C17H28N6O7S/c18-8(3-4-12(19)24)14(26)21-9(6-13(20)25)16(28)23-5-1-2-11(23)15(27)22-10(7-31)17(29)30/h8-11,31H,1-7,18H2,(H2,19,24)(H2,20,25)(H,21,26)(H,22,27)(H,29,30). The molecule has 0 spiro atoms. The first-order valence-corrected chi connectivity index (χ1v) is 10.2. The van der Waals surface area contributed by atoms with Crippen molar-refractivity contribution in [3.63, 3.8) is 0 Å². The van der Waals surface area contributed by atoms with Crippen LogP contribution in [-0.2, 0) is 28.8 Å². The molecule has 1 heterocycles. The van der Waals surface area contributed by atoms with Crippen LogP contribution >= 0.6 is 12.6 Å². The van der Waals surface area contributed by atoms with Gasteiger partial charge in [-0.05, 0) is 19.3 Å². The number of nitrogens with two attached hydrogens (primary N) is 3. The first-order valence-electron chi connectivity index (χ1n) is 9.55. The minimum absolute atomic E-state index is 0.0618. The Hall–Kier alpha value is -2.87. The van der Waals surface area contributed by atoms with Crippen LogP contribution in [0.25, 0.3) is 0 Å². The van der Waals surface area contributed by atoms with E-state index in [2.05, 4.69) is 23.3 Å². The van der Waals surface area contributed by atoms with Crippen molar-refractivity contribution < 1.29 is 33.9 Å². The third-order valence-electron chi connectivity index (χ3n) is 4.69. The summed E-state index contributed by atoms with van der Waals surface area (Å²) in [4.78, 5) is 72.3. The molecule has 0 saturated carbocycles. The number of hydrogen-bond acceptors (Lipinski definition) is 8. The fourth-order valence-corrected chi connectivity index (χ4v) is 3.31. The summed E-state index contributed by atoms with van der Waals surface area (Å²) in [5, 5.41) is 13.7. The molecule has 14 heteroatoms. The van der Waals surface area contributed by atoms with Crippen LogP contribution in [0.15, 0.2) is 0 Å². The zero-order valence-electron chi connectivity index (χ0n) is 16.8. The lowest BCUT2D eigenvalue weighted by Gasteiger charge is -2.29. The van der Waals surface area contributed by atoms with Gasteiger partial charge in [0.1, 0.15) is 18.1 Å². The lowest BCUT2D eigenvalue weighted by Crippen LogP contribution is -2.57. The molecule has 0 aromatic carbocycles. The molecule has 9 N–H and O–H groups in total. The Labute approximate surface area is 183 Å². The highest BCUT2D eigenvalue weighted by Gasteiger charge is 2.39. The predicted molar refractivity (Wildman–Crippen MR) is 110 cm³/mol. The molecule has 1 aliphatic rings. The van der Waals surface area contributed by atoms with Crippen molar-refractivity contribution in [2.75, 3.05) is 12.3 Å². The molecule has 5 amide bonds. The maximum atomic E-state index is 13.0. The van der Waals surface area contributed by atoms with Crippen LogP contribution in [0.5, 0.6) is 0 Å². The Morgan fingerprint density at radius 3 is 2.23 bits per heavy atom. The van der Waals surface area contributed by atoms with Crippen molar-refractivity contribution in [2.45, 2.75) is 56.3 Å². The molecular formula is C17H28N6O7S. The molecule has 0 bridgehead atoms. The molecular weight excluding hydrogens is 432 g/mol. The highest BCUT2D eigenvalue weighted by Crippen LogP contribution is 2.19. The van der Waals surface area contributed by atoms with E-state index in [1.807, 2.05) is 0 Å². The summed E-state index contributed by atoms with van der Waals surface area (Å²) in [7, 11) is 0. The third-order valence-corrected chi connectivity index (χ3v) is 5.06. The smallest absolute Gasteiger partial charge is 0.327 e. The van der Waals surface area contributed by atoms with Gasteiger partial charge in [-0.2, -0.15) is 12.6 Å². The zero-order valence-corrected chi connectivity index (χ0v) is 17.7. The van der Waals surface area contributed by atoms with E-state index in [0.717, 1.165) is 4.90 Å². The van der Waals surface area contributed by atoms with Crippen molar-refractivity contribution in [1.82, 2.24) is 15.5 Å². The number of aliphatic carboxylic acids is 1. The quantitative estimate of drug-likeness (QED) is 0.144. The van der Waals surface area contributed by atoms with E-state index in [0.29, 0.717) is 6.42 Å². The molecule has 4 atom stereocenters. The number of likely N-dealkylation sites (tertiary alicyclic amines) is 1. The summed E-state index contributed by atoms with van der Waals surface area (Å²) in [5.74, 6) is -5.15. The number of carbonyl (C=O) groups excluding carboxylic acids is 5. The van der Waals surface area contributed by atoms with Crippen molar-refractivity contribution in [2.24, 2.45) is 17.2 Å². The number of primary amides is 2. The van der Waals surface area contributed by atoms with Gasteiger partial charge >= 0.3 is 5.97 Å². The van der Waals surface area contributed by atoms with Crippen LogP contribution < -0.4 is 27.8 Å². The molecule has 4 unspecified atom stereocenters. The summed E-state index contributed by atoms with van der Waals surface area (Å²) >= 11 is 3.88. The minimum Gasteiger partial charge on any atom is -0.480 e. The van der Waals surface area contributed by atoms with E-state index >= 15 is 0 Å². The second-order valence-electron chi connectivity index (χ2n) is 7.11. The fraction of sp³-hybridized carbons (Fsp3) is 0.647. The van der Waals surface area contributed by atoms with Crippen LogP contribution in [0.1, 0.15) is 32.1 Å². The molecule has 1 rings (SSSR count). The molecule has 0 aromatic rings. The summed E-state index contributed by atoms with van der Waals surface area (Å²) < 4.78 is 0. The normalized spacial score (nSPS) is 18.5. The molecule has 13 nitrogen and oxygen atoms in total. The molecule has 1 aliphatic heterocycles. The van der Waals surface area contributed by atoms with Gasteiger partial charge in [0.2, 0.25) is 29.5 Å². The van der Waals surface area contributed by atoms with E-state index in [9.17, 15) is 28.8 Å². The number of amides is 5. The Morgan fingerprint density at radius 1 is 1.06 bits per heavy atom. The summed E-state index contributed by atoms with van der Waals surface area (Å²) in [6, 6.07) is -4.75. The number of carboxylic acids is 1. The Balaban J connectivity index is 2.91. The number of nitrogens with one attached hydrogen (secondary N) is 2. The molecule has 174 valence electrons. The Bertz CT molecular complexity index is 734. The summed E-state index contributed by atoms with van der Waals surface area (Å²) in [5.41, 5.74) is 15.9. The van der Waals surface area contributed by atoms with Crippen LogP contribution in [0.4, 0.5) is 0 Å². The maximum absolute atomic E-state index is 13.0. The first-order chi connectivity index (χ1) is 14.5. The van der Waals surface area contributed by atoms with Gasteiger partial charge in [0.25, 0.3) is 0 Å². The van der Waals surface area contributed by atoms with Crippen molar-refractivity contribution in [3.8, 4) is 0 Å². The Kier molecular flexibility index (Phi) is 10.2. The second kappa shape index (κ2) is 12.1. The van der Waals surface area contributed by atoms with Gasteiger partial charge in [-0.25, -0.2) is 4.79 Å². The van der Waals surface area contributed by atoms with E-state index < -0.39 is 66.1 Å². The number of rotatable bonds is 12. The van der Waals surface area contributed by atoms with Gasteiger partial charge < -0.3 is 37.8 Å². The van der Waals surface area contributed by atoms with Gasteiger partial charge in [0, 0.05) is 18.7 Å². The maximum Gasteiger partial charge on any atom is 0.327 e. The van der Waals surface area contributed by atoms with E-state index in [1.165, 1.54) is 0 Å². The lowest BCUT2D eigenvalue weighted by atomic mass is 10.1. The molecule has 0 aromatic heterocycles. The number of nitrogens with zero attached hydrogens (tertiary/aromatic N) is 1. The number of carboxylic acid groups (broad SMARTS) is 1. The zero-order chi connectivity index (χ0) is 23.7. The van der Waals surface area contributed by atoms with Gasteiger partial charge in [-0.3, -0.25) is 24.0 Å². The molecule has 1 saturated heterocycles. The molecule has 0 aliphatic carbocycles. The van der Waals surface area contributed by atoms with Crippen LogP contribution in [0.3, 0.4) is 0 Å². The topological polar surface area (TPSA) is 228 Å². The van der Waals surface area contributed by atoms with E-state index in [1.54, 1.807) is 0 Å². The van der Waals surface area contributed by atoms with Crippen LogP contribution in [-0.4, -0.2) is 82.0 Å². The third kappa shape index (κ3) is 8.05. The lowest BCUT2D eigenvalue weighted by molar-refractivity contribution is -0.145. The Morgan fingerprint density at radius 2 is 1.71 bits per heavy atom. The average molecular weight is 461 g/mol. The van der Waals surface area contributed by atoms with Crippen LogP contribution in [0.2, 0.25) is 0 Å². The SMILES string of the molecule is NC(=O)CCC(N)C(=O)NC(CC(N)=O)C(=O)N1CCCC1C(=O)NC(CS)C(=O)O. The van der Waals surface area contributed by atoms with Gasteiger partial charge in [0.05, 0.1) is 12.5 Å². The average Bonchev–Trinajstić information content (AvgIpc) is 3.18. The molecule has 1 fully saturated rings. The van der Waals surface area contributed by atoms with E-state index in [4.69, 9.17) is 22.3 Å². The molecule has 0 radical (unpaired) electrons. The van der Waals surface area contributed by atoms with Crippen molar-refractivity contribution in [1.29, 1.82) is 0 Å². The summed E-state index contributed by atoms with van der Waals surface area (Å²) in [6.07, 6.45) is -0.0169. The summed E-state index contributed by atoms with van der Waals surface area (Å²) in [6.45, 7) is 0.161. The largest absolute Gasteiger partial charge is 0.480 e.